The van der Waals surface area contributed by atoms with E-state index in [0.717, 1.165) is 12.8 Å². The second kappa shape index (κ2) is 12.4. The largest absolute Gasteiger partial charge is 0.465 e. The summed E-state index contributed by atoms with van der Waals surface area (Å²) in [4.78, 5) is 26.3. The first-order valence-electron chi connectivity index (χ1n) is 15.2. The van der Waals surface area contributed by atoms with Gasteiger partial charge in [0, 0.05) is 24.7 Å². The van der Waals surface area contributed by atoms with E-state index in [1.54, 1.807) is 0 Å². The average molecular weight is 559 g/mol. The summed E-state index contributed by atoms with van der Waals surface area (Å²) in [6.45, 7) is 4.91. The molecular weight excluding hydrogens is 520 g/mol. The Morgan fingerprint density at radius 1 is 0.595 bits per heavy atom. The van der Waals surface area contributed by atoms with Crippen LogP contribution in [0.2, 0.25) is 0 Å². The molecule has 0 radical (unpaired) electrons. The molecule has 0 fully saturated rings. The highest BCUT2D eigenvalue weighted by Gasteiger charge is 2.31. The second-order valence-corrected chi connectivity index (χ2v) is 11.8. The van der Waals surface area contributed by atoms with Crippen molar-refractivity contribution in [1.29, 1.82) is 0 Å². The van der Waals surface area contributed by atoms with Gasteiger partial charge in [-0.1, -0.05) is 117 Å². The first-order chi connectivity index (χ1) is 20.5. The molecule has 0 N–H and O–H groups in total. The van der Waals surface area contributed by atoms with E-state index in [1.165, 1.54) is 44.5 Å². The van der Waals surface area contributed by atoms with Crippen LogP contribution in [0.3, 0.4) is 0 Å². The van der Waals surface area contributed by atoms with Crippen molar-refractivity contribution >= 4 is 11.9 Å². The molecule has 1 atom stereocenters. The molecule has 4 aromatic rings. The third kappa shape index (κ3) is 5.63. The summed E-state index contributed by atoms with van der Waals surface area (Å²) >= 11 is 0. The lowest BCUT2D eigenvalue weighted by atomic mass is 9.89. The van der Waals surface area contributed by atoms with E-state index in [0.29, 0.717) is 19.1 Å². The van der Waals surface area contributed by atoms with Crippen LogP contribution in [0.5, 0.6) is 0 Å². The van der Waals surface area contributed by atoms with Gasteiger partial charge in [-0.25, -0.2) is 0 Å². The van der Waals surface area contributed by atoms with Crippen LogP contribution >= 0.6 is 0 Å². The summed E-state index contributed by atoms with van der Waals surface area (Å²) in [6, 6.07) is 33.4. The summed E-state index contributed by atoms with van der Waals surface area (Å²) in [7, 11) is 0. The van der Waals surface area contributed by atoms with Gasteiger partial charge in [-0.2, -0.15) is 0 Å². The quantitative estimate of drug-likeness (QED) is 0.173. The van der Waals surface area contributed by atoms with Crippen molar-refractivity contribution < 1.29 is 19.1 Å². The fourth-order valence-corrected chi connectivity index (χ4v) is 6.80. The van der Waals surface area contributed by atoms with Gasteiger partial charge < -0.3 is 9.47 Å². The smallest absolute Gasteiger partial charge is 0.306 e. The van der Waals surface area contributed by atoms with Gasteiger partial charge in [-0.3, -0.25) is 9.59 Å². The minimum Gasteiger partial charge on any atom is -0.465 e. The summed E-state index contributed by atoms with van der Waals surface area (Å²) in [5.74, 6) is -0.176. The highest BCUT2D eigenvalue weighted by atomic mass is 16.5. The lowest BCUT2D eigenvalue weighted by Crippen LogP contribution is -2.21. The Hall–Kier alpha value is -4.18. The molecule has 4 nitrogen and oxygen atoms in total. The summed E-state index contributed by atoms with van der Waals surface area (Å²) in [5, 5.41) is 0. The normalized spacial score (nSPS) is 14.2. The molecule has 214 valence electrons. The maximum Gasteiger partial charge on any atom is 0.306 e. The lowest BCUT2D eigenvalue weighted by molar-refractivity contribution is -0.148. The Labute approximate surface area is 248 Å². The zero-order valence-electron chi connectivity index (χ0n) is 24.4. The molecule has 6 rings (SSSR count). The Kier molecular flexibility index (Phi) is 8.23. The zero-order chi connectivity index (χ0) is 29.1. The van der Waals surface area contributed by atoms with Crippen molar-refractivity contribution in [3.63, 3.8) is 0 Å². The standard InChI is InChI=1S/C38H38O4/c1-3-25(2)20-26(21-37(39)41-23-35-31-16-8-4-12-27(31)28-13-5-9-17-32(28)35)22-38(40)42-24-36-33-18-10-6-14-29(33)30-15-7-11-19-34(30)36/h4-19,25-26,35-36H,3,20-24H2,1-2H3. The molecule has 0 heterocycles. The van der Waals surface area contributed by atoms with Crippen molar-refractivity contribution in [3.8, 4) is 22.3 Å². The summed E-state index contributed by atoms with van der Waals surface area (Å²) < 4.78 is 11.8. The van der Waals surface area contributed by atoms with Gasteiger partial charge in [0.2, 0.25) is 0 Å². The third-order valence-electron chi connectivity index (χ3n) is 9.09. The van der Waals surface area contributed by atoms with Crippen molar-refractivity contribution in [2.45, 2.75) is 51.4 Å². The van der Waals surface area contributed by atoms with Gasteiger partial charge in [0.25, 0.3) is 0 Å². The number of esters is 2. The Balaban J connectivity index is 1.08. The summed E-state index contributed by atoms with van der Waals surface area (Å²) in [6.07, 6.45) is 2.20. The number of carbonyl (C=O) groups excluding carboxylic acids is 2. The number of fused-ring (bicyclic) bond motifs is 6. The zero-order valence-corrected chi connectivity index (χ0v) is 24.4. The maximum atomic E-state index is 13.2. The van der Waals surface area contributed by atoms with E-state index in [4.69, 9.17) is 9.47 Å². The molecule has 1 unspecified atom stereocenters. The van der Waals surface area contributed by atoms with Crippen LogP contribution in [0.4, 0.5) is 0 Å². The first kappa shape index (κ1) is 28.0. The SMILES string of the molecule is CCC(C)CC(CC(=O)OCC1c2ccccc2-c2ccccc21)CC(=O)OCC1c2ccccc2-c2ccccc21. The molecule has 42 heavy (non-hydrogen) atoms. The molecule has 4 heteroatoms. The van der Waals surface area contributed by atoms with Crippen LogP contribution < -0.4 is 0 Å². The van der Waals surface area contributed by atoms with Crippen molar-refractivity contribution in [1.82, 2.24) is 0 Å². The number of carbonyl (C=O) groups is 2. The lowest BCUT2D eigenvalue weighted by Gasteiger charge is -2.21. The second-order valence-electron chi connectivity index (χ2n) is 11.8. The van der Waals surface area contributed by atoms with Gasteiger partial charge in [0.05, 0.1) is 0 Å². The molecule has 4 aromatic carbocycles. The van der Waals surface area contributed by atoms with Gasteiger partial charge >= 0.3 is 11.9 Å². The third-order valence-corrected chi connectivity index (χ3v) is 9.09. The van der Waals surface area contributed by atoms with E-state index in [-0.39, 0.29) is 42.5 Å². The predicted molar refractivity (Wildman–Crippen MR) is 166 cm³/mol. The minimum atomic E-state index is -0.253. The van der Waals surface area contributed by atoms with Crippen LogP contribution in [0.1, 0.15) is 73.6 Å². The van der Waals surface area contributed by atoms with Gasteiger partial charge in [-0.15, -0.1) is 0 Å². The van der Waals surface area contributed by atoms with Gasteiger partial charge in [0.15, 0.2) is 0 Å². The van der Waals surface area contributed by atoms with E-state index in [1.807, 2.05) is 48.5 Å². The molecule has 0 saturated heterocycles. The topological polar surface area (TPSA) is 52.6 Å². The Bertz CT molecular complexity index is 1380. The number of ether oxygens (including phenoxy) is 2. The monoisotopic (exact) mass is 558 g/mol. The molecule has 2 aliphatic carbocycles. The molecule has 0 amide bonds. The fraction of sp³-hybridized carbons (Fsp3) is 0.316. The fourth-order valence-electron chi connectivity index (χ4n) is 6.80. The molecule has 0 saturated carbocycles. The van der Waals surface area contributed by atoms with E-state index < -0.39 is 0 Å². The number of rotatable bonds is 11. The van der Waals surface area contributed by atoms with Crippen LogP contribution in [-0.4, -0.2) is 25.2 Å². The predicted octanol–water partition coefficient (Wildman–Crippen LogP) is 8.53. The van der Waals surface area contributed by atoms with Crippen LogP contribution in [0, 0.1) is 11.8 Å². The molecule has 0 bridgehead atoms. The highest BCUT2D eigenvalue weighted by Crippen LogP contribution is 2.45. The number of benzene rings is 4. The van der Waals surface area contributed by atoms with Crippen molar-refractivity contribution in [2.75, 3.05) is 13.2 Å². The average Bonchev–Trinajstić information content (AvgIpc) is 3.51. The molecule has 0 aliphatic heterocycles. The minimum absolute atomic E-state index is 0.0245. The van der Waals surface area contributed by atoms with Crippen molar-refractivity contribution in [2.24, 2.45) is 11.8 Å². The Morgan fingerprint density at radius 2 is 0.929 bits per heavy atom. The molecule has 0 aromatic heterocycles. The van der Waals surface area contributed by atoms with Crippen LogP contribution in [0.25, 0.3) is 22.3 Å². The first-order valence-corrected chi connectivity index (χ1v) is 15.2. The van der Waals surface area contributed by atoms with Crippen molar-refractivity contribution in [3.05, 3.63) is 119 Å². The number of hydrogen-bond acceptors (Lipinski definition) is 4. The molecule has 2 aliphatic rings. The van der Waals surface area contributed by atoms with Crippen LogP contribution in [0.15, 0.2) is 97.1 Å². The van der Waals surface area contributed by atoms with Crippen LogP contribution in [-0.2, 0) is 19.1 Å². The van der Waals surface area contributed by atoms with E-state index in [9.17, 15) is 9.59 Å². The van der Waals surface area contributed by atoms with E-state index in [2.05, 4.69) is 62.4 Å². The van der Waals surface area contributed by atoms with E-state index >= 15 is 0 Å². The highest BCUT2D eigenvalue weighted by molar-refractivity contribution is 5.80. The number of hydrogen-bond donors (Lipinski definition) is 0. The summed E-state index contributed by atoms with van der Waals surface area (Å²) in [5.41, 5.74) is 9.61. The molecular formula is C38H38O4. The maximum absolute atomic E-state index is 13.2. The molecule has 0 spiro atoms. The van der Waals surface area contributed by atoms with Gasteiger partial charge in [-0.05, 0) is 62.8 Å². The Morgan fingerprint density at radius 3 is 1.26 bits per heavy atom. The van der Waals surface area contributed by atoms with Gasteiger partial charge in [0.1, 0.15) is 13.2 Å².